The number of fused-ring (bicyclic) bond motifs is 1. The van der Waals surface area contributed by atoms with Crippen LogP contribution in [0.4, 0.5) is 0 Å². The first-order chi connectivity index (χ1) is 17.5. The van der Waals surface area contributed by atoms with Gasteiger partial charge in [0, 0.05) is 34.6 Å². The summed E-state index contributed by atoms with van der Waals surface area (Å²) in [6.07, 6.45) is 0.538. The lowest BCUT2D eigenvalue weighted by Crippen LogP contribution is -2.28. The van der Waals surface area contributed by atoms with Crippen LogP contribution in [-0.4, -0.2) is 19.5 Å². The van der Waals surface area contributed by atoms with Gasteiger partial charge in [-0.2, -0.15) is 0 Å². The van der Waals surface area contributed by atoms with Crippen molar-refractivity contribution in [1.29, 1.82) is 0 Å². The zero-order valence-corrected chi connectivity index (χ0v) is 21.3. The maximum absolute atomic E-state index is 12.7. The highest BCUT2D eigenvalue weighted by molar-refractivity contribution is 7.88. The standard InChI is InChI=1S/C30H27ClN2O2S/c31-27-16-17-29-26(20-27)21-28(18-19-32-36(34,35)22-23-10-4-1-5-11-23)33(29)30(24-12-6-2-7-13-24)25-14-8-3-9-15-25/h1-17,20-21,30,32H,18-19,22H2. The number of hydrogen-bond donors (Lipinski definition) is 1. The average Bonchev–Trinajstić information content (AvgIpc) is 3.22. The smallest absolute Gasteiger partial charge is 0.215 e. The lowest BCUT2D eigenvalue weighted by molar-refractivity contribution is 0.578. The number of rotatable bonds is 9. The van der Waals surface area contributed by atoms with Crippen LogP contribution in [0.2, 0.25) is 5.02 Å². The van der Waals surface area contributed by atoms with E-state index in [9.17, 15) is 8.42 Å². The van der Waals surface area contributed by atoms with Crippen LogP contribution in [0.15, 0.2) is 115 Å². The van der Waals surface area contributed by atoms with E-state index in [-0.39, 0.29) is 11.8 Å². The van der Waals surface area contributed by atoms with Crippen LogP contribution in [0, 0.1) is 0 Å². The van der Waals surface area contributed by atoms with Crippen molar-refractivity contribution in [1.82, 2.24) is 9.29 Å². The number of halogens is 1. The maximum atomic E-state index is 12.7. The molecule has 5 aromatic rings. The van der Waals surface area contributed by atoms with Crippen molar-refractivity contribution in [3.05, 3.63) is 143 Å². The van der Waals surface area contributed by atoms with E-state index in [0.717, 1.165) is 33.3 Å². The molecule has 0 fully saturated rings. The molecule has 1 heterocycles. The van der Waals surface area contributed by atoms with Gasteiger partial charge in [0.1, 0.15) is 0 Å². The third-order valence-corrected chi connectivity index (χ3v) is 7.86. The molecule has 6 heteroatoms. The lowest BCUT2D eigenvalue weighted by atomic mass is 9.98. The van der Waals surface area contributed by atoms with Crippen LogP contribution in [0.3, 0.4) is 0 Å². The van der Waals surface area contributed by atoms with Crippen LogP contribution in [0.5, 0.6) is 0 Å². The molecule has 0 aliphatic rings. The third kappa shape index (κ3) is 5.54. The molecule has 0 saturated carbocycles. The van der Waals surface area contributed by atoms with E-state index in [2.05, 4.69) is 39.6 Å². The second kappa shape index (κ2) is 10.7. The summed E-state index contributed by atoms with van der Waals surface area (Å²) in [6, 6.07) is 37.9. The Labute approximate surface area is 217 Å². The van der Waals surface area contributed by atoms with Crippen molar-refractivity contribution in [2.75, 3.05) is 6.54 Å². The Morgan fingerprint density at radius 1 is 0.750 bits per heavy atom. The van der Waals surface area contributed by atoms with Gasteiger partial charge in [-0.25, -0.2) is 13.1 Å². The molecule has 0 bridgehead atoms. The van der Waals surface area contributed by atoms with Gasteiger partial charge in [0.2, 0.25) is 10.0 Å². The molecule has 0 aliphatic carbocycles. The third-order valence-electron chi connectivity index (χ3n) is 6.27. The second-order valence-electron chi connectivity index (χ2n) is 8.82. The largest absolute Gasteiger partial charge is 0.333 e. The highest BCUT2D eigenvalue weighted by Crippen LogP contribution is 2.34. The molecule has 0 radical (unpaired) electrons. The fraction of sp³-hybridized carbons (Fsp3) is 0.133. The second-order valence-corrected chi connectivity index (χ2v) is 11.1. The predicted octanol–water partition coefficient (Wildman–Crippen LogP) is 6.59. The molecule has 4 aromatic carbocycles. The SMILES string of the molecule is O=S(=O)(Cc1ccccc1)NCCc1cc2cc(Cl)ccc2n1C(c1ccccc1)c1ccccc1. The molecule has 182 valence electrons. The average molecular weight is 515 g/mol. The van der Waals surface area contributed by atoms with Crippen molar-refractivity contribution in [2.24, 2.45) is 0 Å². The van der Waals surface area contributed by atoms with Gasteiger partial charge >= 0.3 is 0 Å². The Bertz CT molecular complexity index is 1510. The van der Waals surface area contributed by atoms with Gasteiger partial charge in [-0.1, -0.05) is 103 Å². The van der Waals surface area contributed by atoms with Crippen molar-refractivity contribution in [3.8, 4) is 0 Å². The Morgan fingerprint density at radius 3 is 1.94 bits per heavy atom. The first-order valence-electron chi connectivity index (χ1n) is 11.9. The summed E-state index contributed by atoms with van der Waals surface area (Å²) in [5.41, 5.74) is 5.16. The molecule has 1 N–H and O–H groups in total. The normalized spacial score (nSPS) is 11.8. The Hall–Kier alpha value is -3.38. The zero-order chi connectivity index (χ0) is 25.0. The molecule has 0 aliphatic heterocycles. The van der Waals surface area contributed by atoms with Crippen LogP contribution in [0.25, 0.3) is 10.9 Å². The van der Waals surface area contributed by atoms with Crippen molar-refractivity contribution in [2.45, 2.75) is 18.2 Å². The van der Waals surface area contributed by atoms with E-state index in [1.54, 1.807) is 0 Å². The molecular weight excluding hydrogens is 488 g/mol. The number of hydrogen-bond acceptors (Lipinski definition) is 2. The van der Waals surface area contributed by atoms with E-state index in [4.69, 9.17) is 11.6 Å². The summed E-state index contributed by atoms with van der Waals surface area (Å²) in [4.78, 5) is 0. The molecule has 0 spiro atoms. The zero-order valence-electron chi connectivity index (χ0n) is 19.7. The number of nitrogens with one attached hydrogen (secondary N) is 1. The van der Waals surface area contributed by atoms with E-state index in [1.807, 2.05) is 84.9 Å². The van der Waals surface area contributed by atoms with Gasteiger partial charge in [-0.05, 0) is 41.0 Å². The number of nitrogens with zero attached hydrogens (tertiary/aromatic N) is 1. The number of aromatic nitrogens is 1. The van der Waals surface area contributed by atoms with Gasteiger partial charge in [-0.3, -0.25) is 0 Å². The van der Waals surface area contributed by atoms with Crippen LogP contribution in [0.1, 0.15) is 28.4 Å². The molecular formula is C30H27ClN2O2S. The first kappa shape index (κ1) is 24.3. The number of sulfonamides is 1. The highest BCUT2D eigenvalue weighted by atomic mass is 35.5. The van der Waals surface area contributed by atoms with Crippen LogP contribution < -0.4 is 4.72 Å². The first-order valence-corrected chi connectivity index (χ1v) is 13.9. The lowest BCUT2D eigenvalue weighted by Gasteiger charge is -2.24. The fourth-order valence-corrected chi connectivity index (χ4v) is 6.03. The molecule has 36 heavy (non-hydrogen) atoms. The van der Waals surface area contributed by atoms with E-state index in [1.165, 1.54) is 0 Å². The van der Waals surface area contributed by atoms with Crippen LogP contribution >= 0.6 is 11.6 Å². The Balaban J connectivity index is 1.51. The summed E-state index contributed by atoms with van der Waals surface area (Å²) >= 11 is 6.33. The van der Waals surface area contributed by atoms with Gasteiger partial charge in [-0.15, -0.1) is 0 Å². The molecule has 0 saturated heterocycles. The quantitative estimate of drug-likeness (QED) is 0.241. The summed E-state index contributed by atoms with van der Waals surface area (Å²) in [5.74, 6) is -0.0386. The summed E-state index contributed by atoms with van der Waals surface area (Å²) in [6.45, 7) is 0.301. The van der Waals surface area contributed by atoms with E-state index in [0.29, 0.717) is 18.0 Å². The minimum atomic E-state index is -3.46. The van der Waals surface area contributed by atoms with Gasteiger partial charge < -0.3 is 4.57 Å². The molecule has 1 aromatic heterocycles. The molecule has 0 amide bonds. The van der Waals surface area contributed by atoms with Crippen molar-refractivity contribution in [3.63, 3.8) is 0 Å². The topological polar surface area (TPSA) is 51.1 Å². The van der Waals surface area contributed by atoms with Gasteiger partial charge in [0.05, 0.1) is 11.8 Å². The number of benzene rings is 4. The van der Waals surface area contributed by atoms with E-state index >= 15 is 0 Å². The fourth-order valence-electron chi connectivity index (χ4n) is 4.70. The molecule has 0 unspecified atom stereocenters. The van der Waals surface area contributed by atoms with Crippen molar-refractivity contribution < 1.29 is 8.42 Å². The minimum Gasteiger partial charge on any atom is -0.333 e. The monoisotopic (exact) mass is 514 g/mol. The maximum Gasteiger partial charge on any atom is 0.215 e. The molecule has 5 rings (SSSR count). The van der Waals surface area contributed by atoms with Crippen molar-refractivity contribution >= 4 is 32.5 Å². The molecule has 0 atom stereocenters. The van der Waals surface area contributed by atoms with Gasteiger partial charge in [0.15, 0.2) is 0 Å². The predicted molar refractivity (Wildman–Crippen MR) is 148 cm³/mol. The summed E-state index contributed by atoms with van der Waals surface area (Å²) < 4.78 is 30.6. The Kier molecular flexibility index (Phi) is 7.23. The minimum absolute atomic E-state index is 0.0386. The Morgan fingerprint density at radius 2 is 1.33 bits per heavy atom. The summed E-state index contributed by atoms with van der Waals surface area (Å²) in [7, 11) is -3.46. The van der Waals surface area contributed by atoms with Crippen LogP contribution in [-0.2, 0) is 22.2 Å². The van der Waals surface area contributed by atoms with E-state index < -0.39 is 10.0 Å². The molecule has 4 nitrogen and oxygen atoms in total. The van der Waals surface area contributed by atoms with Gasteiger partial charge in [0.25, 0.3) is 0 Å². The summed E-state index contributed by atoms with van der Waals surface area (Å²) in [5, 5.41) is 1.70. The highest BCUT2D eigenvalue weighted by Gasteiger charge is 2.22.